The van der Waals surface area contributed by atoms with Crippen LogP contribution in [0.4, 0.5) is 0 Å². The van der Waals surface area contributed by atoms with Gasteiger partial charge in [0.1, 0.15) is 18.5 Å². The van der Waals surface area contributed by atoms with Crippen LogP contribution < -0.4 is 4.74 Å². The maximum absolute atomic E-state index is 10.3. The second kappa shape index (κ2) is 6.67. The maximum Gasteiger partial charge on any atom is 0.328 e. The van der Waals surface area contributed by atoms with Gasteiger partial charge < -0.3 is 20.1 Å². The largest absolute Gasteiger partial charge is 0.491 e. The van der Waals surface area contributed by atoms with Gasteiger partial charge in [0.25, 0.3) is 0 Å². The summed E-state index contributed by atoms with van der Waals surface area (Å²) in [6, 6.07) is 6.71. The topological polar surface area (TPSA) is 87.0 Å². The molecule has 1 rings (SSSR count). The lowest BCUT2D eigenvalue weighted by Gasteiger charge is -2.09. The zero-order valence-electron chi connectivity index (χ0n) is 9.11. The van der Waals surface area contributed by atoms with Crippen LogP contribution in [0.2, 0.25) is 0 Å². The predicted octanol–water partition coefficient (Wildman–Crippen LogP) is 0.516. The molecule has 0 heterocycles. The Balaban J connectivity index is 2.53. The van der Waals surface area contributed by atoms with Crippen LogP contribution in [0, 0.1) is 0 Å². The van der Waals surface area contributed by atoms with Gasteiger partial charge in [-0.05, 0) is 23.8 Å². The third-order valence-corrected chi connectivity index (χ3v) is 1.95. The zero-order valence-corrected chi connectivity index (χ0v) is 9.11. The molecule has 1 unspecified atom stereocenters. The normalized spacial score (nSPS) is 12.6. The lowest BCUT2D eigenvalue weighted by molar-refractivity contribution is -0.131. The summed E-state index contributed by atoms with van der Waals surface area (Å²) in [5.41, 5.74) is 0.738. The van der Waals surface area contributed by atoms with Gasteiger partial charge in [0.15, 0.2) is 0 Å². The molecule has 1 aromatic rings. The van der Waals surface area contributed by atoms with Gasteiger partial charge in [-0.2, -0.15) is 0 Å². The van der Waals surface area contributed by atoms with Gasteiger partial charge in [-0.3, -0.25) is 0 Å². The van der Waals surface area contributed by atoms with Crippen LogP contribution in [-0.2, 0) is 4.79 Å². The van der Waals surface area contributed by atoms with E-state index in [1.165, 1.54) is 6.08 Å². The van der Waals surface area contributed by atoms with E-state index < -0.39 is 12.1 Å². The minimum atomic E-state index is -1.00. The van der Waals surface area contributed by atoms with Crippen molar-refractivity contribution in [2.45, 2.75) is 6.10 Å². The van der Waals surface area contributed by atoms with Crippen molar-refractivity contribution in [1.82, 2.24) is 0 Å². The summed E-state index contributed by atoms with van der Waals surface area (Å²) < 4.78 is 5.19. The minimum Gasteiger partial charge on any atom is -0.491 e. The molecule has 0 aliphatic rings. The Morgan fingerprint density at radius 1 is 1.35 bits per heavy atom. The number of aliphatic carboxylic acids is 1. The molecule has 5 nitrogen and oxygen atoms in total. The quantitative estimate of drug-likeness (QED) is 0.629. The van der Waals surface area contributed by atoms with Crippen LogP contribution in [0.1, 0.15) is 5.56 Å². The fourth-order valence-electron chi connectivity index (χ4n) is 1.09. The van der Waals surface area contributed by atoms with Gasteiger partial charge in [0.05, 0.1) is 6.61 Å². The van der Waals surface area contributed by atoms with Crippen molar-refractivity contribution in [3.63, 3.8) is 0 Å². The van der Waals surface area contributed by atoms with Crippen molar-refractivity contribution >= 4 is 12.0 Å². The number of carboxylic acid groups (broad SMARTS) is 1. The number of hydrogen-bond donors (Lipinski definition) is 3. The Kier molecular flexibility index (Phi) is 5.19. The molecule has 0 saturated carbocycles. The molecule has 1 atom stereocenters. The molecule has 1 aromatic carbocycles. The van der Waals surface area contributed by atoms with Crippen molar-refractivity contribution in [3.8, 4) is 5.75 Å². The van der Waals surface area contributed by atoms with Crippen LogP contribution in [0.3, 0.4) is 0 Å². The number of ether oxygens (including phenoxy) is 1. The lowest BCUT2D eigenvalue weighted by Crippen LogP contribution is -2.21. The van der Waals surface area contributed by atoms with E-state index >= 15 is 0 Å². The second-order valence-electron chi connectivity index (χ2n) is 3.39. The van der Waals surface area contributed by atoms with Gasteiger partial charge in [-0.15, -0.1) is 0 Å². The number of aliphatic hydroxyl groups excluding tert-OH is 2. The third-order valence-electron chi connectivity index (χ3n) is 1.95. The molecular formula is C12H14O5. The zero-order chi connectivity index (χ0) is 12.7. The van der Waals surface area contributed by atoms with E-state index in [4.69, 9.17) is 20.1 Å². The van der Waals surface area contributed by atoms with E-state index in [0.717, 1.165) is 11.6 Å². The van der Waals surface area contributed by atoms with Gasteiger partial charge in [0.2, 0.25) is 0 Å². The monoisotopic (exact) mass is 238 g/mol. The molecule has 3 N–H and O–H groups in total. The molecular weight excluding hydrogens is 224 g/mol. The molecule has 0 bridgehead atoms. The van der Waals surface area contributed by atoms with E-state index in [1.807, 2.05) is 0 Å². The van der Waals surface area contributed by atoms with Crippen LogP contribution >= 0.6 is 0 Å². The summed E-state index contributed by atoms with van der Waals surface area (Å²) >= 11 is 0. The van der Waals surface area contributed by atoms with Crippen molar-refractivity contribution in [2.75, 3.05) is 13.2 Å². The average Bonchev–Trinajstić information content (AvgIpc) is 2.34. The van der Waals surface area contributed by atoms with Gasteiger partial charge in [-0.1, -0.05) is 12.1 Å². The number of carbonyl (C=O) groups is 1. The first-order valence-electron chi connectivity index (χ1n) is 5.04. The van der Waals surface area contributed by atoms with Crippen molar-refractivity contribution in [1.29, 1.82) is 0 Å². The molecule has 0 aliphatic carbocycles. The predicted molar refractivity (Wildman–Crippen MR) is 61.7 cm³/mol. The third kappa shape index (κ3) is 5.14. The first kappa shape index (κ1) is 13.2. The smallest absolute Gasteiger partial charge is 0.328 e. The lowest BCUT2D eigenvalue weighted by atomic mass is 10.2. The fraction of sp³-hybridized carbons (Fsp3) is 0.250. The Hall–Kier alpha value is -1.85. The van der Waals surface area contributed by atoms with Gasteiger partial charge in [-0.25, -0.2) is 4.79 Å². The summed E-state index contributed by atoms with van der Waals surface area (Å²) in [5.74, 6) is -0.457. The molecule has 0 aliphatic heterocycles. The first-order valence-corrected chi connectivity index (χ1v) is 5.04. The number of hydrogen-bond acceptors (Lipinski definition) is 4. The highest BCUT2D eigenvalue weighted by atomic mass is 16.5. The van der Waals surface area contributed by atoms with E-state index in [1.54, 1.807) is 24.3 Å². The van der Waals surface area contributed by atoms with Gasteiger partial charge >= 0.3 is 5.97 Å². The Morgan fingerprint density at radius 3 is 2.53 bits per heavy atom. The minimum absolute atomic E-state index is 0.0147. The van der Waals surface area contributed by atoms with Crippen LogP contribution in [-0.4, -0.2) is 40.6 Å². The number of aliphatic hydroxyl groups is 2. The molecule has 92 valence electrons. The average molecular weight is 238 g/mol. The molecule has 0 spiro atoms. The van der Waals surface area contributed by atoms with Crippen molar-refractivity contribution < 1.29 is 24.9 Å². The maximum atomic E-state index is 10.3. The standard InChI is InChI=1S/C12H14O5/c13-7-10(14)8-17-11-4-1-9(2-5-11)3-6-12(15)16/h1-6,10,13-14H,7-8H2,(H,15,16). The highest BCUT2D eigenvalue weighted by Crippen LogP contribution is 2.13. The van der Waals surface area contributed by atoms with E-state index in [2.05, 4.69) is 0 Å². The molecule has 17 heavy (non-hydrogen) atoms. The Bertz CT molecular complexity index is 382. The van der Waals surface area contributed by atoms with Crippen LogP contribution in [0.25, 0.3) is 6.08 Å². The summed E-state index contributed by atoms with van der Waals surface area (Å²) in [4.78, 5) is 10.3. The Labute approximate surface area is 98.6 Å². The highest BCUT2D eigenvalue weighted by molar-refractivity contribution is 5.85. The number of rotatable bonds is 6. The summed E-state index contributed by atoms with van der Waals surface area (Å²) in [6.07, 6.45) is 1.61. The number of benzene rings is 1. The molecule has 0 saturated heterocycles. The molecule has 0 fully saturated rings. The van der Waals surface area contributed by atoms with E-state index in [9.17, 15) is 4.79 Å². The van der Waals surface area contributed by atoms with Crippen molar-refractivity contribution in [3.05, 3.63) is 35.9 Å². The molecule has 0 amide bonds. The van der Waals surface area contributed by atoms with Crippen LogP contribution in [0.15, 0.2) is 30.3 Å². The van der Waals surface area contributed by atoms with E-state index in [-0.39, 0.29) is 13.2 Å². The van der Waals surface area contributed by atoms with Crippen LogP contribution in [0.5, 0.6) is 5.75 Å². The summed E-state index contributed by atoms with van der Waals surface area (Å²) in [5, 5.41) is 26.1. The Morgan fingerprint density at radius 2 is 2.00 bits per heavy atom. The van der Waals surface area contributed by atoms with E-state index in [0.29, 0.717) is 5.75 Å². The summed E-state index contributed by atoms with van der Waals surface area (Å²) in [6.45, 7) is -0.333. The second-order valence-corrected chi connectivity index (χ2v) is 3.39. The number of carboxylic acids is 1. The SMILES string of the molecule is O=C(O)C=Cc1ccc(OCC(O)CO)cc1. The molecule has 0 aromatic heterocycles. The first-order chi connectivity index (χ1) is 8.11. The highest BCUT2D eigenvalue weighted by Gasteiger charge is 2.02. The van der Waals surface area contributed by atoms with Gasteiger partial charge in [0, 0.05) is 6.08 Å². The molecule has 0 radical (unpaired) electrons. The molecule has 5 heteroatoms. The fourth-order valence-corrected chi connectivity index (χ4v) is 1.09. The van der Waals surface area contributed by atoms with Crippen molar-refractivity contribution in [2.24, 2.45) is 0 Å². The summed E-state index contributed by atoms with van der Waals surface area (Å²) in [7, 11) is 0.